The standard InChI is InChI=1S/C19H18BrN3O5S/c1-19(17(25)22-18(26)23-19)13-5-3-7-15(9-13)21-16(24)11-29(27,28)10-12-4-2-6-14(20)8-12/h2-9H,10-11H2,1H3,(H,21,24)(H2,22,23,25,26). The predicted octanol–water partition coefficient (Wildman–Crippen LogP) is 2.06. The lowest BCUT2D eigenvalue weighted by molar-refractivity contribution is -0.123. The lowest BCUT2D eigenvalue weighted by Crippen LogP contribution is -2.40. The Morgan fingerprint density at radius 1 is 1.14 bits per heavy atom. The number of rotatable bonds is 6. The molecular formula is C19H18BrN3O5S. The van der Waals surface area contributed by atoms with Crippen LogP contribution in [0.3, 0.4) is 0 Å². The van der Waals surface area contributed by atoms with E-state index in [1.165, 1.54) is 13.0 Å². The van der Waals surface area contributed by atoms with Gasteiger partial charge < -0.3 is 10.6 Å². The number of imide groups is 1. The molecule has 1 atom stereocenters. The molecule has 29 heavy (non-hydrogen) atoms. The van der Waals surface area contributed by atoms with Gasteiger partial charge in [-0.1, -0.05) is 40.2 Å². The second kappa shape index (κ2) is 7.96. The van der Waals surface area contributed by atoms with Crippen LogP contribution < -0.4 is 16.0 Å². The summed E-state index contributed by atoms with van der Waals surface area (Å²) in [5, 5.41) is 7.23. The highest BCUT2D eigenvalue weighted by Crippen LogP contribution is 2.26. The van der Waals surface area contributed by atoms with Crippen LogP contribution in [0.25, 0.3) is 0 Å². The maximum atomic E-state index is 12.3. The first-order chi connectivity index (χ1) is 13.6. The van der Waals surface area contributed by atoms with Crippen molar-refractivity contribution in [3.63, 3.8) is 0 Å². The van der Waals surface area contributed by atoms with E-state index in [9.17, 15) is 22.8 Å². The van der Waals surface area contributed by atoms with E-state index in [0.29, 0.717) is 16.8 Å². The summed E-state index contributed by atoms with van der Waals surface area (Å²) in [5.41, 5.74) is 0.0750. The van der Waals surface area contributed by atoms with Crippen molar-refractivity contribution in [1.82, 2.24) is 10.6 Å². The second-order valence-electron chi connectivity index (χ2n) is 6.82. The zero-order chi connectivity index (χ0) is 21.2. The molecule has 0 radical (unpaired) electrons. The molecular weight excluding hydrogens is 462 g/mol. The highest BCUT2D eigenvalue weighted by molar-refractivity contribution is 9.10. The Bertz CT molecular complexity index is 1100. The fourth-order valence-corrected chi connectivity index (χ4v) is 4.69. The number of anilines is 1. The normalized spacial score (nSPS) is 18.8. The van der Waals surface area contributed by atoms with Crippen LogP contribution in [0.5, 0.6) is 0 Å². The molecule has 0 bridgehead atoms. The molecule has 3 rings (SSSR count). The van der Waals surface area contributed by atoms with Gasteiger partial charge in [0.2, 0.25) is 5.91 Å². The summed E-state index contributed by atoms with van der Waals surface area (Å²) in [6.07, 6.45) is 0. The number of carbonyl (C=O) groups excluding carboxylic acids is 3. The van der Waals surface area contributed by atoms with Crippen LogP contribution >= 0.6 is 15.9 Å². The average Bonchev–Trinajstić information content (AvgIpc) is 2.87. The van der Waals surface area contributed by atoms with E-state index in [1.54, 1.807) is 42.5 Å². The summed E-state index contributed by atoms with van der Waals surface area (Å²) in [6.45, 7) is 1.54. The van der Waals surface area contributed by atoms with Crippen LogP contribution in [0, 0.1) is 0 Å². The Hall–Kier alpha value is -2.72. The minimum absolute atomic E-state index is 0.260. The Labute approximate surface area is 176 Å². The molecule has 0 aliphatic carbocycles. The van der Waals surface area contributed by atoms with Gasteiger partial charge in [-0.15, -0.1) is 0 Å². The Morgan fingerprint density at radius 2 is 1.86 bits per heavy atom. The molecule has 1 aliphatic heterocycles. The molecule has 1 unspecified atom stereocenters. The van der Waals surface area contributed by atoms with Gasteiger partial charge in [0.1, 0.15) is 11.3 Å². The summed E-state index contributed by atoms with van der Waals surface area (Å²) in [5.74, 6) is -2.15. The first kappa shape index (κ1) is 21.0. The maximum absolute atomic E-state index is 12.3. The van der Waals surface area contributed by atoms with Gasteiger partial charge in [-0.3, -0.25) is 14.9 Å². The van der Waals surface area contributed by atoms with Crippen molar-refractivity contribution < 1.29 is 22.8 Å². The molecule has 1 fully saturated rings. The van der Waals surface area contributed by atoms with Gasteiger partial charge in [-0.2, -0.15) is 0 Å². The third-order valence-electron chi connectivity index (χ3n) is 4.40. The molecule has 0 spiro atoms. The molecule has 2 aromatic rings. The van der Waals surface area contributed by atoms with Gasteiger partial charge in [0.25, 0.3) is 5.91 Å². The Morgan fingerprint density at radius 3 is 2.52 bits per heavy atom. The fourth-order valence-electron chi connectivity index (χ4n) is 2.98. The molecule has 10 heteroatoms. The third kappa shape index (κ3) is 5.01. The van der Waals surface area contributed by atoms with Crippen molar-refractivity contribution in [1.29, 1.82) is 0 Å². The highest BCUT2D eigenvalue weighted by atomic mass is 79.9. The minimum atomic E-state index is -3.68. The number of hydrogen-bond donors (Lipinski definition) is 3. The SMILES string of the molecule is CC1(c2cccc(NC(=O)CS(=O)(=O)Cc3cccc(Br)c3)c2)NC(=O)NC1=O. The Balaban J connectivity index is 1.69. The van der Waals surface area contributed by atoms with Crippen LogP contribution in [0.4, 0.5) is 10.5 Å². The number of urea groups is 1. The molecule has 0 saturated carbocycles. The van der Waals surface area contributed by atoms with Crippen molar-refractivity contribution in [3.8, 4) is 0 Å². The molecule has 4 amide bonds. The number of benzene rings is 2. The summed E-state index contributed by atoms with van der Waals surface area (Å²) < 4.78 is 25.4. The lowest BCUT2D eigenvalue weighted by Gasteiger charge is -2.21. The van der Waals surface area contributed by atoms with Crippen LogP contribution in [-0.2, 0) is 30.7 Å². The van der Waals surface area contributed by atoms with E-state index in [-0.39, 0.29) is 5.75 Å². The number of sulfone groups is 1. The Kier molecular flexibility index (Phi) is 5.76. The average molecular weight is 480 g/mol. The summed E-state index contributed by atoms with van der Waals surface area (Å²) in [6, 6.07) is 12.6. The summed E-state index contributed by atoms with van der Waals surface area (Å²) in [4.78, 5) is 35.8. The maximum Gasteiger partial charge on any atom is 0.322 e. The number of nitrogens with one attached hydrogen (secondary N) is 3. The second-order valence-corrected chi connectivity index (χ2v) is 9.80. The van der Waals surface area contributed by atoms with E-state index in [0.717, 1.165) is 4.47 Å². The van der Waals surface area contributed by atoms with Crippen molar-refractivity contribution in [2.24, 2.45) is 0 Å². The number of hydrogen-bond acceptors (Lipinski definition) is 5. The molecule has 8 nitrogen and oxygen atoms in total. The lowest BCUT2D eigenvalue weighted by atomic mass is 9.92. The number of carbonyl (C=O) groups is 3. The van der Waals surface area contributed by atoms with Crippen LogP contribution in [0.15, 0.2) is 53.0 Å². The van der Waals surface area contributed by atoms with E-state index in [2.05, 4.69) is 31.9 Å². The zero-order valence-electron chi connectivity index (χ0n) is 15.4. The van der Waals surface area contributed by atoms with Crippen molar-refractivity contribution in [3.05, 3.63) is 64.1 Å². The molecule has 1 heterocycles. The zero-order valence-corrected chi connectivity index (χ0v) is 17.8. The van der Waals surface area contributed by atoms with Crippen molar-refractivity contribution in [2.45, 2.75) is 18.2 Å². The molecule has 152 valence electrons. The van der Waals surface area contributed by atoms with Gasteiger partial charge in [0, 0.05) is 10.2 Å². The van der Waals surface area contributed by atoms with Crippen LogP contribution in [0.2, 0.25) is 0 Å². The fraction of sp³-hybridized carbons (Fsp3) is 0.211. The number of halogens is 1. The molecule has 3 N–H and O–H groups in total. The summed E-state index contributed by atoms with van der Waals surface area (Å²) >= 11 is 3.28. The molecule has 1 aliphatic rings. The van der Waals surface area contributed by atoms with Crippen LogP contribution in [0.1, 0.15) is 18.1 Å². The topological polar surface area (TPSA) is 121 Å². The quantitative estimate of drug-likeness (QED) is 0.547. The predicted molar refractivity (Wildman–Crippen MR) is 111 cm³/mol. The largest absolute Gasteiger partial charge is 0.325 e. The smallest absolute Gasteiger partial charge is 0.322 e. The minimum Gasteiger partial charge on any atom is -0.325 e. The third-order valence-corrected chi connectivity index (χ3v) is 6.36. The monoisotopic (exact) mass is 479 g/mol. The molecule has 1 saturated heterocycles. The van der Waals surface area contributed by atoms with Gasteiger partial charge in [0.05, 0.1) is 5.75 Å². The van der Waals surface area contributed by atoms with E-state index < -0.39 is 39.0 Å². The van der Waals surface area contributed by atoms with E-state index in [4.69, 9.17) is 0 Å². The van der Waals surface area contributed by atoms with Gasteiger partial charge >= 0.3 is 6.03 Å². The number of amides is 4. The van der Waals surface area contributed by atoms with Gasteiger partial charge in [-0.25, -0.2) is 13.2 Å². The van der Waals surface area contributed by atoms with Gasteiger partial charge in [-0.05, 0) is 42.3 Å². The van der Waals surface area contributed by atoms with Crippen LogP contribution in [-0.4, -0.2) is 32.0 Å². The first-order valence-corrected chi connectivity index (χ1v) is 11.2. The van der Waals surface area contributed by atoms with E-state index in [1.807, 2.05) is 0 Å². The van der Waals surface area contributed by atoms with E-state index >= 15 is 0 Å². The van der Waals surface area contributed by atoms with Crippen molar-refractivity contribution in [2.75, 3.05) is 11.1 Å². The first-order valence-electron chi connectivity index (χ1n) is 8.56. The highest BCUT2D eigenvalue weighted by Gasteiger charge is 2.43. The molecule has 0 aromatic heterocycles. The van der Waals surface area contributed by atoms with Gasteiger partial charge in [0.15, 0.2) is 9.84 Å². The summed E-state index contributed by atoms with van der Waals surface area (Å²) in [7, 11) is -3.68. The molecule has 2 aromatic carbocycles. The van der Waals surface area contributed by atoms with Crippen molar-refractivity contribution >= 4 is 49.3 Å².